The molecule has 19 heavy (non-hydrogen) atoms. The molecule has 0 aromatic carbocycles. The maximum Gasteiger partial charge on any atom is 0.267 e. The van der Waals surface area contributed by atoms with Crippen LogP contribution >= 0.6 is 10.7 Å². The van der Waals surface area contributed by atoms with Gasteiger partial charge in [-0.3, -0.25) is 4.79 Å². The highest BCUT2D eigenvalue weighted by Crippen LogP contribution is 2.15. The van der Waals surface area contributed by atoms with Crippen molar-refractivity contribution in [1.82, 2.24) is 10.3 Å². The number of rotatable bonds is 8. The monoisotopic (exact) mass is 308 g/mol. The fourth-order valence-corrected chi connectivity index (χ4v) is 2.22. The molecule has 8 heteroatoms. The number of hydrogen-bond donors (Lipinski definition) is 2. The van der Waals surface area contributed by atoms with Gasteiger partial charge in [0.05, 0.1) is 0 Å². The number of methoxy groups -OCH3 is 1. The standard InChI is InChI=1S/C11H17ClN2O4S/c1-18-6-4-2-3-5-13-11(15)10-7-9(8-14-10)19(12,16)17/h7-8,14H,2-6H2,1H3,(H,13,15). The lowest BCUT2D eigenvalue weighted by molar-refractivity contribution is 0.0948. The summed E-state index contributed by atoms with van der Waals surface area (Å²) in [6, 6.07) is 1.21. The molecular weight excluding hydrogens is 292 g/mol. The van der Waals surface area contributed by atoms with E-state index in [4.69, 9.17) is 15.4 Å². The normalized spacial score (nSPS) is 11.5. The minimum Gasteiger partial charge on any atom is -0.385 e. The van der Waals surface area contributed by atoms with Crippen LogP contribution in [0.25, 0.3) is 0 Å². The molecule has 0 atom stereocenters. The molecule has 0 unspecified atom stereocenters. The molecule has 108 valence electrons. The third-order valence-corrected chi connectivity index (χ3v) is 3.83. The van der Waals surface area contributed by atoms with Gasteiger partial charge in [0, 0.05) is 37.1 Å². The van der Waals surface area contributed by atoms with Crippen molar-refractivity contribution in [3.05, 3.63) is 18.0 Å². The molecule has 1 aromatic rings. The molecule has 0 radical (unpaired) electrons. The summed E-state index contributed by atoms with van der Waals surface area (Å²) in [7, 11) is 3.00. The largest absolute Gasteiger partial charge is 0.385 e. The number of aromatic amines is 1. The van der Waals surface area contributed by atoms with E-state index in [0.29, 0.717) is 13.2 Å². The number of nitrogens with one attached hydrogen (secondary N) is 2. The Labute approximate surface area is 116 Å². The smallest absolute Gasteiger partial charge is 0.267 e. The highest BCUT2D eigenvalue weighted by Gasteiger charge is 2.15. The van der Waals surface area contributed by atoms with E-state index >= 15 is 0 Å². The predicted molar refractivity (Wildman–Crippen MR) is 71.9 cm³/mol. The van der Waals surface area contributed by atoms with Crippen LogP contribution in [-0.4, -0.2) is 39.6 Å². The Kier molecular flexibility index (Phi) is 6.33. The molecule has 0 aliphatic heterocycles. The zero-order valence-electron chi connectivity index (χ0n) is 10.6. The first kappa shape index (κ1) is 16.0. The molecule has 0 bridgehead atoms. The van der Waals surface area contributed by atoms with Gasteiger partial charge in [0.25, 0.3) is 15.0 Å². The van der Waals surface area contributed by atoms with Gasteiger partial charge in [-0.25, -0.2) is 8.42 Å². The van der Waals surface area contributed by atoms with E-state index < -0.39 is 9.05 Å². The summed E-state index contributed by atoms with van der Waals surface area (Å²) in [5.74, 6) is -0.349. The molecular formula is C11H17ClN2O4S. The lowest BCUT2D eigenvalue weighted by Crippen LogP contribution is -2.24. The van der Waals surface area contributed by atoms with Crippen molar-refractivity contribution < 1.29 is 17.9 Å². The number of unbranched alkanes of at least 4 members (excludes halogenated alkanes) is 2. The Morgan fingerprint density at radius 3 is 2.74 bits per heavy atom. The van der Waals surface area contributed by atoms with Gasteiger partial charge in [-0.1, -0.05) is 0 Å². The molecule has 6 nitrogen and oxygen atoms in total. The fraction of sp³-hybridized carbons (Fsp3) is 0.545. The number of carbonyl (C=O) groups excluding carboxylic acids is 1. The number of amides is 1. The summed E-state index contributed by atoms with van der Waals surface area (Å²) < 4.78 is 27.0. The van der Waals surface area contributed by atoms with Gasteiger partial charge >= 0.3 is 0 Å². The van der Waals surface area contributed by atoms with Gasteiger partial charge in [0.1, 0.15) is 10.6 Å². The van der Waals surface area contributed by atoms with Crippen LogP contribution in [0, 0.1) is 0 Å². The van der Waals surface area contributed by atoms with Crippen LogP contribution in [-0.2, 0) is 13.8 Å². The quantitative estimate of drug-likeness (QED) is 0.562. The van der Waals surface area contributed by atoms with E-state index in [0.717, 1.165) is 19.3 Å². The maximum absolute atomic E-state index is 11.7. The summed E-state index contributed by atoms with van der Waals surface area (Å²) in [4.78, 5) is 14.1. The minimum absolute atomic E-state index is 0.112. The molecule has 0 saturated carbocycles. The topological polar surface area (TPSA) is 88.3 Å². The van der Waals surface area contributed by atoms with E-state index in [1.165, 1.54) is 12.3 Å². The van der Waals surface area contributed by atoms with Crippen LogP contribution in [0.15, 0.2) is 17.2 Å². The van der Waals surface area contributed by atoms with Crippen molar-refractivity contribution in [2.24, 2.45) is 0 Å². The van der Waals surface area contributed by atoms with Crippen LogP contribution in [0.1, 0.15) is 29.8 Å². The summed E-state index contributed by atoms with van der Waals surface area (Å²) >= 11 is 0. The third kappa shape index (κ3) is 5.63. The molecule has 0 aliphatic rings. The van der Waals surface area contributed by atoms with E-state index in [9.17, 15) is 13.2 Å². The number of hydrogen-bond acceptors (Lipinski definition) is 4. The minimum atomic E-state index is -3.80. The van der Waals surface area contributed by atoms with Crippen LogP contribution in [0.4, 0.5) is 0 Å². The van der Waals surface area contributed by atoms with Crippen molar-refractivity contribution in [3.8, 4) is 0 Å². The molecule has 1 amide bonds. The average Bonchev–Trinajstić information content (AvgIpc) is 2.82. The van der Waals surface area contributed by atoms with Crippen LogP contribution in [0.5, 0.6) is 0 Å². The van der Waals surface area contributed by atoms with E-state index in [1.54, 1.807) is 7.11 Å². The number of ether oxygens (including phenoxy) is 1. The Balaban J connectivity index is 2.36. The Morgan fingerprint density at radius 1 is 1.42 bits per heavy atom. The Hall–Kier alpha value is -1.05. The molecule has 0 aliphatic carbocycles. The second kappa shape index (κ2) is 7.52. The molecule has 2 N–H and O–H groups in total. The third-order valence-electron chi connectivity index (χ3n) is 2.49. The van der Waals surface area contributed by atoms with Crippen LogP contribution < -0.4 is 5.32 Å². The van der Waals surface area contributed by atoms with E-state index in [1.807, 2.05) is 0 Å². The molecule has 1 rings (SSSR count). The number of carbonyl (C=O) groups is 1. The van der Waals surface area contributed by atoms with Gasteiger partial charge in [-0.2, -0.15) is 0 Å². The lowest BCUT2D eigenvalue weighted by atomic mass is 10.2. The first-order valence-electron chi connectivity index (χ1n) is 5.85. The van der Waals surface area contributed by atoms with Crippen molar-refractivity contribution in [3.63, 3.8) is 0 Å². The summed E-state index contributed by atoms with van der Waals surface area (Å²) in [5, 5.41) is 2.69. The first-order chi connectivity index (χ1) is 8.95. The average molecular weight is 309 g/mol. The van der Waals surface area contributed by atoms with Gasteiger partial charge in [-0.05, 0) is 25.3 Å². The molecule has 0 saturated heterocycles. The van der Waals surface area contributed by atoms with Crippen molar-refractivity contribution in [2.45, 2.75) is 24.2 Å². The maximum atomic E-state index is 11.7. The molecule has 1 heterocycles. The van der Waals surface area contributed by atoms with Crippen molar-refractivity contribution in [2.75, 3.05) is 20.3 Å². The van der Waals surface area contributed by atoms with E-state index in [2.05, 4.69) is 10.3 Å². The predicted octanol–water partition coefficient (Wildman–Crippen LogP) is 1.49. The highest BCUT2D eigenvalue weighted by molar-refractivity contribution is 8.13. The Bertz CT molecular complexity index is 513. The van der Waals surface area contributed by atoms with Crippen molar-refractivity contribution in [1.29, 1.82) is 0 Å². The van der Waals surface area contributed by atoms with Gasteiger partial charge in [0.15, 0.2) is 0 Å². The SMILES string of the molecule is COCCCCCNC(=O)c1cc(S(=O)(=O)Cl)c[nH]1. The molecule has 0 spiro atoms. The first-order valence-corrected chi connectivity index (χ1v) is 8.16. The number of H-pyrrole nitrogens is 1. The van der Waals surface area contributed by atoms with E-state index in [-0.39, 0.29) is 16.5 Å². The highest BCUT2D eigenvalue weighted by atomic mass is 35.7. The number of halogens is 1. The Morgan fingerprint density at radius 2 is 2.16 bits per heavy atom. The lowest BCUT2D eigenvalue weighted by Gasteiger charge is -2.03. The van der Waals surface area contributed by atoms with Gasteiger partial charge in [0.2, 0.25) is 0 Å². The number of aromatic nitrogens is 1. The van der Waals surface area contributed by atoms with Crippen molar-refractivity contribution >= 4 is 25.6 Å². The summed E-state index contributed by atoms with van der Waals surface area (Å²) in [6.07, 6.45) is 3.94. The summed E-state index contributed by atoms with van der Waals surface area (Å²) in [5.41, 5.74) is 0.177. The zero-order valence-corrected chi connectivity index (χ0v) is 12.2. The van der Waals surface area contributed by atoms with Gasteiger partial charge < -0.3 is 15.0 Å². The fourth-order valence-electron chi connectivity index (χ4n) is 1.49. The molecule has 0 fully saturated rings. The van der Waals surface area contributed by atoms with Crippen LogP contribution in [0.2, 0.25) is 0 Å². The van der Waals surface area contributed by atoms with Crippen LogP contribution in [0.3, 0.4) is 0 Å². The summed E-state index contributed by atoms with van der Waals surface area (Å²) in [6.45, 7) is 1.24. The zero-order chi connectivity index (χ0) is 14.3. The second-order valence-corrected chi connectivity index (χ2v) is 6.56. The van der Waals surface area contributed by atoms with Gasteiger partial charge in [-0.15, -0.1) is 0 Å². The molecule has 1 aromatic heterocycles. The second-order valence-electron chi connectivity index (χ2n) is 4.00.